The second-order valence-corrected chi connectivity index (χ2v) is 7.22. The first kappa shape index (κ1) is 13.1. The molecule has 0 radical (unpaired) electrons. The van der Waals surface area contributed by atoms with Crippen LogP contribution in [-0.4, -0.2) is 48.2 Å². The molecule has 0 unspecified atom stereocenters. The Kier molecular flexibility index (Phi) is 3.36. The molecular weight excluding hydrogens is 264 g/mol. The van der Waals surface area contributed by atoms with Crippen LogP contribution in [0.3, 0.4) is 0 Å². The third-order valence-electron chi connectivity index (χ3n) is 4.06. The molecule has 7 heteroatoms. The SMILES string of the molecule is CCCn1cc(S(=O)(=O)N2CC[C@H]3CNC[C@H]32)cn1. The number of nitrogens with zero attached hydrogens (tertiary/aromatic N) is 3. The summed E-state index contributed by atoms with van der Waals surface area (Å²) in [4.78, 5) is 0.327. The van der Waals surface area contributed by atoms with E-state index in [9.17, 15) is 8.42 Å². The molecule has 0 saturated carbocycles. The lowest BCUT2D eigenvalue weighted by atomic mass is 10.1. The van der Waals surface area contributed by atoms with Crippen LogP contribution in [0.4, 0.5) is 0 Å². The van der Waals surface area contributed by atoms with E-state index in [0.29, 0.717) is 17.4 Å². The Balaban J connectivity index is 1.85. The number of hydrogen-bond donors (Lipinski definition) is 1. The van der Waals surface area contributed by atoms with Gasteiger partial charge in [-0.2, -0.15) is 9.40 Å². The highest BCUT2D eigenvalue weighted by Gasteiger charge is 2.44. The Morgan fingerprint density at radius 1 is 1.47 bits per heavy atom. The molecule has 0 spiro atoms. The molecule has 2 aliphatic heterocycles. The third kappa shape index (κ3) is 2.19. The maximum Gasteiger partial charge on any atom is 0.246 e. The minimum absolute atomic E-state index is 0.125. The van der Waals surface area contributed by atoms with Crippen molar-refractivity contribution in [3.8, 4) is 0 Å². The molecule has 1 aromatic heterocycles. The van der Waals surface area contributed by atoms with E-state index in [1.54, 1.807) is 15.2 Å². The van der Waals surface area contributed by atoms with E-state index in [0.717, 1.165) is 32.5 Å². The predicted molar refractivity (Wildman–Crippen MR) is 71.2 cm³/mol. The molecule has 3 rings (SSSR count). The highest BCUT2D eigenvalue weighted by molar-refractivity contribution is 7.89. The molecule has 6 nitrogen and oxygen atoms in total. The molecule has 3 heterocycles. The highest BCUT2D eigenvalue weighted by Crippen LogP contribution is 2.32. The second-order valence-electron chi connectivity index (χ2n) is 5.33. The minimum atomic E-state index is -3.38. The van der Waals surface area contributed by atoms with E-state index < -0.39 is 10.0 Å². The normalized spacial score (nSPS) is 27.8. The molecule has 0 aromatic carbocycles. The Morgan fingerprint density at radius 3 is 3.11 bits per heavy atom. The summed E-state index contributed by atoms with van der Waals surface area (Å²) >= 11 is 0. The van der Waals surface area contributed by atoms with Crippen molar-refractivity contribution in [1.29, 1.82) is 0 Å². The van der Waals surface area contributed by atoms with Crippen LogP contribution in [0.2, 0.25) is 0 Å². The lowest BCUT2D eigenvalue weighted by Crippen LogP contribution is -2.38. The molecule has 2 aliphatic rings. The summed E-state index contributed by atoms with van der Waals surface area (Å²) in [5.74, 6) is 0.473. The van der Waals surface area contributed by atoms with Gasteiger partial charge in [0.05, 0.1) is 6.20 Å². The first-order chi connectivity index (χ1) is 9.13. The fourth-order valence-corrected chi connectivity index (χ4v) is 4.73. The molecule has 2 fully saturated rings. The average Bonchev–Trinajstić information content (AvgIpc) is 3.04. The quantitative estimate of drug-likeness (QED) is 0.862. The van der Waals surface area contributed by atoms with Gasteiger partial charge in [-0.15, -0.1) is 0 Å². The van der Waals surface area contributed by atoms with Crippen molar-refractivity contribution in [3.63, 3.8) is 0 Å². The summed E-state index contributed by atoms with van der Waals surface area (Å²) < 4.78 is 28.6. The summed E-state index contributed by atoms with van der Waals surface area (Å²) in [5, 5.41) is 7.40. The molecule has 2 atom stereocenters. The van der Waals surface area contributed by atoms with Crippen LogP contribution in [-0.2, 0) is 16.6 Å². The van der Waals surface area contributed by atoms with Crippen LogP contribution in [0.25, 0.3) is 0 Å². The van der Waals surface area contributed by atoms with Gasteiger partial charge < -0.3 is 5.32 Å². The standard InChI is InChI=1S/C12H20N4O2S/c1-2-4-15-9-11(7-14-15)19(17,18)16-5-3-10-6-13-8-12(10)16/h7,9-10,12-13H,2-6,8H2,1H3/t10-,12+/m0/s1. The van der Waals surface area contributed by atoms with Gasteiger partial charge in [0.25, 0.3) is 0 Å². The van der Waals surface area contributed by atoms with E-state index in [1.165, 1.54) is 6.20 Å². The van der Waals surface area contributed by atoms with Crippen molar-refractivity contribution in [3.05, 3.63) is 12.4 Å². The van der Waals surface area contributed by atoms with Crippen LogP contribution >= 0.6 is 0 Å². The molecular formula is C12H20N4O2S. The second kappa shape index (κ2) is 4.88. The molecule has 106 valence electrons. The van der Waals surface area contributed by atoms with Gasteiger partial charge in [0.2, 0.25) is 10.0 Å². The molecule has 2 saturated heterocycles. The monoisotopic (exact) mass is 284 g/mol. The summed E-state index contributed by atoms with van der Waals surface area (Å²) in [7, 11) is -3.38. The number of aromatic nitrogens is 2. The van der Waals surface area contributed by atoms with Gasteiger partial charge in [0.1, 0.15) is 4.90 Å². The fraction of sp³-hybridized carbons (Fsp3) is 0.750. The van der Waals surface area contributed by atoms with Crippen LogP contribution in [0.15, 0.2) is 17.3 Å². The fourth-order valence-electron chi connectivity index (χ4n) is 3.07. The number of rotatable bonds is 4. The van der Waals surface area contributed by atoms with Gasteiger partial charge in [-0.25, -0.2) is 8.42 Å². The largest absolute Gasteiger partial charge is 0.315 e. The zero-order valence-electron chi connectivity index (χ0n) is 11.1. The average molecular weight is 284 g/mol. The van der Waals surface area contributed by atoms with Gasteiger partial charge in [0.15, 0.2) is 0 Å². The number of sulfonamides is 1. The van der Waals surface area contributed by atoms with Gasteiger partial charge >= 0.3 is 0 Å². The van der Waals surface area contributed by atoms with Crippen molar-refractivity contribution in [2.75, 3.05) is 19.6 Å². The number of fused-ring (bicyclic) bond motifs is 1. The van der Waals surface area contributed by atoms with Gasteiger partial charge in [-0.3, -0.25) is 4.68 Å². The summed E-state index contributed by atoms with van der Waals surface area (Å²) in [6, 6.07) is 0.125. The highest BCUT2D eigenvalue weighted by atomic mass is 32.2. The Bertz CT molecular complexity index is 554. The number of hydrogen-bond acceptors (Lipinski definition) is 4. The first-order valence-electron chi connectivity index (χ1n) is 6.88. The Labute approximate surface area is 113 Å². The van der Waals surface area contributed by atoms with Gasteiger partial charge in [-0.05, 0) is 25.3 Å². The lowest BCUT2D eigenvalue weighted by molar-refractivity contribution is 0.383. The van der Waals surface area contributed by atoms with Crippen molar-refractivity contribution < 1.29 is 8.42 Å². The van der Waals surface area contributed by atoms with E-state index in [2.05, 4.69) is 10.4 Å². The van der Waals surface area contributed by atoms with E-state index in [1.807, 2.05) is 6.92 Å². The topological polar surface area (TPSA) is 67.2 Å². The van der Waals surface area contributed by atoms with Crippen molar-refractivity contribution in [1.82, 2.24) is 19.4 Å². The van der Waals surface area contributed by atoms with E-state index >= 15 is 0 Å². The minimum Gasteiger partial charge on any atom is -0.315 e. The van der Waals surface area contributed by atoms with Gasteiger partial charge in [-0.1, -0.05) is 6.92 Å². The molecule has 1 aromatic rings. The van der Waals surface area contributed by atoms with Gasteiger partial charge in [0, 0.05) is 31.9 Å². The third-order valence-corrected chi connectivity index (χ3v) is 5.94. The zero-order valence-corrected chi connectivity index (χ0v) is 11.9. The molecule has 1 N–H and O–H groups in total. The summed E-state index contributed by atoms with van der Waals surface area (Å²) in [6.45, 7) is 5.14. The van der Waals surface area contributed by atoms with Crippen LogP contribution in [0, 0.1) is 5.92 Å². The number of nitrogens with one attached hydrogen (secondary N) is 1. The van der Waals surface area contributed by atoms with Crippen LogP contribution < -0.4 is 5.32 Å². The van der Waals surface area contributed by atoms with Crippen molar-refractivity contribution in [2.24, 2.45) is 5.92 Å². The first-order valence-corrected chi connectivity index (χ1v) is 8.32. The predicted octanol–water partition coefficient (Wildman–Crippen LogP) is 0.276. The van der Waals surface area contributed by atoms with Crippen molar-refractivity contribution >= 4 is 10.0 Å². The Hall–Kier alpha value is -0.920. The smallest absolute Gasteiger partial charge is 0.246 e. The van der Waals surface area contributed by atoms with Crippen LogP contribution in [0.5, 0.6) is 0 Å². The lowest BCUT2D eigenvalue weighted by Gasteiger charge is -2.21. The van der Waals surface area contributed by atoms with E-state index in [4.69, 9.17) is 0 Å². The molecule has 0 amide bonds. The maximum atomic E-state index is 12.6. The summed E-state index contributed by atoms with van der Waals surface area (Å²) in [6.07, 6.45) is 5.02. The Morgan fingerprint density at radius 2 is 2.32 bits per heavy atom. The summed E-state index contributed by atoms with van der Waals surface area (Å²) in [5.41, 5.74) is 0. The maximum absolute atomic E-state index is 12.6. The van der Waals surface area contributed by atoms with Crippen LogP contribution in [0.1, 0.15) is 19.8 Å². The molecule has 0 bridgehead atoms. The van der Waals surface area contributed by atoms with E-state index in [-0.39, 0.29) is 6.04 Å². The molecule has 0 aliphatic carbocycles. The zero-order chi connectivity index (χ0) is 13.5. The number of aryl methyl sites for hydroxylation is 1. The molecule has 19 heavy (non-hydrogen) atoms. The van der Waals surface area contributed by atoms with Crippen molar-refractivity contribution in [2.45, 2.75) is 37.2 Å².